The van der Waals surface area contributed by atoms with Crippen LogP contribution < -0.4 is 0 Å². The van der Waals surface area contributed by atoms with Crippen molar-refractivity contribution in [3.8, 4) is 16.9 Å². The van der Waals surface area contributed by atoms with E-state index in [1.54, 1.807) is 6.92 Å². The van der Waals surface area contributed by atoms with Gasteiger partial charge in [0.05, 0.1) is 5.69 Å². The average molecular weight is 484 g/mol. The van der Waals surface area contributed by atoms with Crippen LogP contribution in [0.2, 0.25) is 0 Å². The van der Waals surface area contributed by atoms with Crippen molar-refractivity contribution in [3.63, 3.8) is 0 Å². The molecule has 0 N–H and O–H groups in total. The first-order valence-electron chi connectivity index (χ1n) is 10.7. The minimum atomic E-state index is 0.0403. The maximum atomic E-state index is 13.2. The minimum absolute atomic E-state index is 0.0403. The molecule has 0 radical (unpaired) electrons. The number of benzene rings is 3. The van der Waals surface area contributed by atoms with Gasteiger partial charge in [0.15, 0.2) is 11.6 Å². The number of ketones is 2. The van der Waals surface area contributed by atoms with Crippen LogP contribution in [0.3, 0.4) is 0 Å². The molecule has 1 aliphatic rings. The molecule has 1 heterocycles. The zero-order valence-corrected chi connectivity index (χ0v) is 19.3. The van der Waals surface area contributed by atoms with Crippen LogP contribution in [0.4, 0.5) is 0 Å². The first-order valence-corrected chi connectivity index (χ1v) is 11.5. The summed E-state index contributed by atoms with van der Waals surface area (Å²) in [7, 11) is 0. The molecule has 3 nitrogen and oxygen atoms in total. The zero-order chi connectivity index (χ0) is 22.2. The largest absolute Gasteiger partial charge is 0.313 e. The Morgan fingerprint density at radius 2 is 1.59 bits per heavy atom. The standard InChI is InChI=1S/C28H22BrNO2/c1-18(31)19-9-13-24(14-10-19)30-26(21-7-11-23(29)12-8-21)17-25-27(30)15-22(16-28(25)32)20-5-3-2-4-6-20/h2-14,17,22H,15-16H2,1H3/t22-/m1/s1. The minimum Gasteiger partial charge on any atom is -0.313 e. The molecule has 32 heavy (non-hydrogen) atoms. The van der Waals surface area contributed by atoms with Crippen molar-refractivity contribution in [1.82, 2.24) is 4.57 Å². The fraction of sp³-hybridized carbons (Fsp3) is 0.143. The quantitative estimate of drug-likeness (QED) is 0.292. The Hall–Kier alpha value is -3.24. The van der Waals surface area contributed by atoms with Crippen molar-refractivity contribution in [2.45, 2.75) is 25.7 Å². The van der Waals surface area contributed by atoms with E-state index >= 15 is 0 Å². The first kappa shape index (κ1) is 20.7. The maximum absolute atomic E-state index is 13.2. The summed E-state index contributed by atoms with van der Waals surface area (Å²) in [5, 5.41) is 0. The molecule has 1 aromatic heterocycles. The summed E-state index contributed by atoms with van der Waals surface area (Å²) in [6, 6.07) is 28.1. The Morgan fingerprint density at radius 1 is 0.906 bits per heavy atom. The van der Waals surface area contributed by atoms with E-state index < -0.39 is 0 Å². The molecule has 1 aliphatic carbocycles. The number of carbonyl (C=O) groups excluding carboxylic acids is 2. The Labute approximate surface area is 195 Å². The second-order valence-corrected chi connectivity index (χ2v) is 9.19. The highest BCUT2D eigenvalue weighted by atomic mass is 79.9. The lowest BCUT2D eigenvalue weighted by Crippen LogP contribution is -2.20. The van der Waals surface area contributed by atoms with Gasteiger partial charge in [-0.05, 0) is 72.9 Å². The van der Waals surface area contributed by atoms with Crippen LogP contribution in [0.15, 0.2) is 89.4 Å². The molecule has 0 fully saturated rings. The number of carbonyl (C=O) groups is 2. The number of nitrogens with zero attached hydrogens (tertiary/aromatic N) is 1. The third-order valence-electron chi connectivity index (χ3n) is 6.22. The van der Waals surface area contributed by atoms with E-state index in [1.165, 1.54) is 5.56 Å². The summed E-state index contributed by atoms with van der Waals surface area (Å²) in [6.45, 7) is 1.57. The van der Waals surface area contributed by atoms with Gasteiger partial charge in [-0.2, -0.15) is 0 Å². The third-order valence-corrected chi connectivity index (χ3v) is 6.75. The molecule has 0 saturated heterocycles. The van der Waals surface area contributed by atoms with Gasteiger partial charge in [-0.15, -0.1) is 0 Å². The van der Waals surface area contributed by atoms with Gasteiger partial charge in [-0.3, -0.25) is 9.59 Å². The zero-order valence-electron chi connectivity index (χ0n) is 17.7. The molecular weight excluding hydrogens is 462 g/mol. The van der Waals surface area contributed by atoms with Crippen molar-refractivity contribution in [2.75, 3.05) is 0 Å². The van der Waals surface area contributed by atoms with E-state index in [4.69, 9.17) is 0 Å². The normalized spacial score (nSPS) is 15.4. The summed E-state index contributed by atoms with van der Waals surface area (Å²) < 4.78 is 3.20. The number of fused-ring (bicyclic) bond motifs is 1. The predicted molar refractivity (Wildman–Crippen MR) is 131 cm³/mol. The van der Waals surface area contributed by atoms with Crippen molar-refractivity contribution in [3.05, 3.63) is 112 Å². The van der Waals surface area contributed by atoms with Gasteiger partial charge in [0.1, 0.15) is 0 Å². The molecule has 0 aliphatic heterocycles. The van der Waals surface area contributed by atoms with Gasteiger partial charge in [0, 0.05) is 33.4 Å². The molecule has 0 unspecified atom stereocenters. The summed E-state index contributed by atoms with van der Waals surface area (Å²) in [5.41, 5.74) is 6.68. The lowest BCUT2D eigenvalue weighted by molar-refractivity contribution is 0.0962. The number of halogens is 1. The van der Waals surface area contributed by atoms with Crippen LogP contribution >= 0.6 is 15.9 Å². The summed E-state index contributed by atoms with van der Waals surface area (Å²) in [5.74, 6) is 0.371. The second-order valence-electron chi connectivity index (χ2n) is 8.27. The van der Waals surface area contributed by atoms with Gasteiger partial charge < -0.3 is 4.57 Å². The second kappa shape index (κ2) is 8.36. The molecule has 4 heteroatoms. The van der Waals surface area contributed by atoms with Crippen LogP contribution in [0.5, 0.6) is 0 Å². The molecule has 158 valence electrons. The van der Waals surface area contributed by atoms with Crippen LogP contribution in [-0.4, -0.2) is 16.1 Å². The highest BCUT2D eigenvalue weighted by molar-refractivity contribution is 9.10. The van der Waals surface area contributed by atoms with Crippen molar-refractivity contribution in [2.24, 2.45) is 0 Å². The van der Waals surface area contributed by atoms with Crippen molar-refractivity contribution < 1.29 is 9.59 Å². The third kappa shape index (κ3) is 3.76. The molecule has 0 bridgehead atoms. The number of hydrogen-bond donors (Lipinski definition) is 0. The molecule has 5 rings (SSSR count). The van der Waals surface area contributed by atoms with Crippen LogP contribution in [0, 0.1) is 0 Å². The Morgan fingerprint density at radius 3 is 2.25 bits per heavy atom. The maximum Gasteiger partial charge on any atom is 0.165 e. The van der Waals surface area contributed by atoms with E-state index in [0.29, 0.717) is 12.0 Å². The topological polar surface area (TPSA) is 39.1 Å². The number of rotatable bonds is 4. The average Bonchev–Trinajstić information content (AvgIpc) is 3.20. The van der Waals surface area contributed by atoms with Crippen molar-refractivity contribution >= 4 is 27.5 Å². The summed E-state index contributed by atoms with van der Waals surface area (Å²) >= 11 is 3.51. The predicted octanol–water partition coefficient (Wildman–Crippen LogP) is 7.02. The van der Waals surface area contributed by atoms with E-state index in [2.05, 4.69) is 44.8 Å². The Kier molecular flexibility index (Phi) is 5.40. The van der Waals surface area contributed by atoms with Gasteiger partial charge in [0.25, 0.3) is 0 Å². The fourth-order valence-electron chi connectivity index (χ4n) is 4.57. The number of aromatic nitrogens is 1. The number of hydrogen-bond acceptors (Lipinski definition) is 2. The Bertz CT molecular complexity index is 1300. The van der Waals surface area contributed by atoms with E-state index in [0.717, 1.165) is 39.1 Å². The van der Waals surface area contributed by atoms with E-state index in [-0.39, 0.29) is 17.5 Å². The lowest BCUT2D eigenvalue weighted by atomic mass is 9.82. The van der Waals surface area contributed by atoms with Gasteiger partial charge in [0.2, 0.25) is 0 Å². The van der Waals surface area contributed by atoms with Crippen LogP contribution in [0.1, 0.15) is 51.2 Å². The molecule has 3 aromatic carbocycles. The van der Waals surface area contributed by atoms with Crippen molar-refractivity contribution in [1.29, 1.82) is 0 Å². The fourth-order valence-corrected chi connectivity index (χ4v) is 4.83. The highest BCUT2D eigenvalue weighted by Gasteiger charge is 2.31. The monoisotopic (exact) mass is 483 g/mol. The molecule has 4 aromatic rings. The smallest absolute Gasteiger partial charge is 0.165 e. The first-order chi connectivity index (χ1) is 15.5. The Balaban J connectivity index is 1.68. The highest BCUT2D eigenvalue weighted by Crippen LogP contribution is 2.39. The van der Waals surface area contributed by atoms with E-state index in [1.807, 2.05) is 60.7 Å². The van der Waals surface area contributed by atoms with Gasteiger partial charge >= 0.3 is 0 Å². The van der Waals surface area contributed by atoms with Crippen LogP contribution in [-0.2, 0) is 6.42 Å². The molecule has 1 atom stereocenters. The van der Waals surface area contributed by atoms with E-state index in [9.17, 15) is 9.59 Å². The van der Waals surface area contributed by atoms with Gasteiger partial charge in [-0.25, -0.2) is 0 Å². The molecule has 0 spiro atoms. The molecular formula is C28H22BrNO2. The molecule has 0 amide bonds. The summed E-state index contributed by atoms with van der Waals surface area (Å²) in [4.78, 5) is 25.0. The molecule has 0 saturated carbocycles. The van der Waals surface area contributed by atoms with Gasteiger partial charge in [-0.1, -0.05) is 58.4 Å². The lowest BCUT2D eigenvalue weighted by Gasteiger charge is -2.24. The summed E-state index contributed by atoms with van der Waals surface area (Å²) in [6.07, 6.45) is 1.31. The SMILES string of the molecule is CC(=O)c1ccc(-n2c(-c3ccc(Br)cc3)cc3c2C[C@@H](c2ccccc2)CC3=O)cc1. The number of Topliss-reactive ketones (excluding diaryl/α,β-unsaturated/α-hetero) is 2. The van der Waals surface area contributed by atoms with Crippen LogP contribution in [0.25, 0.3) is 16.9 Å².